The van der Waals surface area contributed by atoms with Gasteiger partial charge in [0.05, 0.1) is 5.75 Å². The lowest BCUT2D eigenvalue weighted by molar-refractivity contribution is -0.117. The molecule has 2 aromatic carbocycles. The number of ether oxygens (including phenoxy) is 3. The van der Waals surface area contributed by atoms with Crippen molar-refractivity contribution in [1.29, 1.82) is 0 Å². The van der Waals surface area contributed by atoms with Crippen LogP contribution in [0.4, 0.5) is 10.5 Å². The van der Waals surface area contributed by atoms with Crippen molar-refractivity contribution < 1.29 is 23.8 Å². The highest BCUT2D eigenvalue weighted by atomic mass is 32.2. The quantitative estimate of drug-likeness (QED) is 0.450. The number of aromatic nitrogens is 3. The minimum atomic E-state index is -0.644. The maximum Gasteiger partial charge on any atom is 0.325 e. The van der Waals surface area contributed by atoms with E-state index in [1.165, 1.54) is 0 Å². The van der Waals surface area contributed by atoms with Gasteiger partial charge in [0.25, 0.3) is 0 Å². The van der Waals surface area contributed by atoms with Crippen molar-refractivity contribution in [3.63, 3.8) is 0 Å². The molecule has 3 N–H and O–H groups in total. The third kappa shape index (κ3) is 6.16. The molecule has 0 spiro atoms. The Labute approximate surface area is 194 Å². The Bertz CT molecular complexity index is 1170. The second-order valence-corrected chi connectivity index (χ2v) is 8.21. The Morgan fingerprint density at radius 3 is 2.79 bits per heavy atom. The van der Waals surface area contributed by atoms with Crippen LogP contribution in [0.3, 0.4) is 0 Å². The number of anilines is 1. The summed E-state index contributed by atoms with van der Waals surface area (Å²) in [6.45, 7) is 5.12. The zero-order valence-corrected chi connectivity index (χ0v) is 19.0. The van der Waals surface area contributed by atoms with Crippen LogP contribution < -0.4 is 24.8 Å². The van der Waals surface area contributed by atoms with Gasteiger partial charge < -0.3 is 19.5 Å². The van der Waals surface area contributed by atoms with Gasteiger partial charge in [-0.05, 0) is 43.2 Å². The molecule has 1 aromatic heterocycles. The molecule has 172 valence electrons. The molecule has 2 heterocycles. The third-order valence-corrected chi connectivity index (χ3v) is 5.45. The highest BCUT2D eigenvalue weighted by Crippen LogP contribution is 2.32. The van der Waals surface area contributed by atoms with Crippen LogP contribution in [0, 0.1) is 13.8 Å². The minimum Gasteiger partial charge on any atom is -0.486 e. The van der Waals surface area contributed by atoms with Crippen molar-refractivity contribution in [3.8, 4) is 17.2 Å². The number of benzene rings is 2. The van der Waals surface area contributed by atoms with Gasteiger partial charge in [-0.25, -0.2) is 9.78 Å². The summed E-state index contributed by atoms with van der Waals surface area (Å²) in [6, 6.07) is 10.3. The van der Waals surface area contributed by atoms with Gasteiger partial charge in [-0.1, -0.05) is 23.9 Å². The maximum absolute atomic E-state index is 12.1. The van der Waals surface area contributed by atoms with E-state index < -0.39 is 11.9 Å². The Hall–Kier alpha value is -3.73. The summed E-state index contributed by atoms with van der Waals surface area (Å²) in [5.41, 5.74) is 2.62. The zero-order chi connectivity index (χ0) is 23.2. The van der Waals surface area contributed by atoms with Gasteiger partial charge in [-0.15, -0.1) is 5.10 Å². The molecule has 11 heteroatoms. The van der Waals surface area contributed by atoms with Crippen molar-refractivity contribution in [2.45, 2.75) is 25.6 Å². The average molecular weight is 470 g/mol. The second-order valence-electron chi connectivity index (χ2n) is 7.27. The molecule has 3 amide bonds. The van der Waals surface area contributed by atoms with Crippen LogP contribution in [-0.4, -0.2) is 46.1 Å². The smallest absolute Gasteiger partial charge is 0.325 e. The van der Waals surface area contributed by atoms with Crippen molar-refractivity contribution in [1.82, 2.24) is 20.5 Å². The summed E-state index contributed by atoms with van der Waals surface area (Å²) in [5, 5.41) is 12.1. The normalized spacial score (nSPS) is 12.2. The van der Waals surface area contributed by atoms with Crippen molar-refractivity contribution in [2.75, 3.05) is 24.3 Å². The summed E-state index contributed by atoms with van der Waals surface area (Å²) in [6.07, 6.45) is 0. The molecule has 4 rings (SSSR count). The number of hydrogen-bond acceptors (Lipinski definition) is 8. The van der Waals surface area contributed by atoms with Gasteiger partial charge >= 0.3 is 6.03 Å². The molecule has 0 radical (unpaired) electrons. The number of imide groups is 1. The molecule has 3 aromatic rings. The lowest BCUT2D eigenvalue weighted by Gasteiger charge is -2.19. The minimum absolute atomic E-state index is 0.0241. The summed E-state index contributed by atoms with van der Waals surface area (Å²) >= 11 is 1.11. The van der Waals surface area contributed by atoms with E-state index in [1.807, 2.05) is 32.0 Å². The van der Waals surface area contributed by atoms with E-state index in [1.54, 1.807) is 18.2 Å². The number of amides is 3. The Kier molecular flexibility index (Phi) is 6.98. The lowest BCUT2D eigenvalue weighted by Crippen LogP contribution is -2.35. The van der Waals surface area contributed by atoms with Gasteiger partial charge in [0.1, 0.15) is 25.6 Å². The van der Waals surface area contributed by atoms with Gasteiger partial charge in [-0.3, -0.25) is 15.2 Å². The molecule has 1 aliphatic rings. The number of carbonyl (C=O) groups is 2. The summed E-state index contributed by atoms with van der Waals surface area (Å²) in [4.78, 5) is 28.5. The molecule has 0 saturated heterocycles. The zero-order valence-electron chi connectivity index (χ0n) is 18.1. The first kappa shape index (κ1) is 22.5. The third-order valence-electron chi connectivity index (χ3n) is 4.60. The van der Waals surface area contributed by atoms with E-state index in [2.05, 4.69) is 25.8 Å². The van der Waals surface area contributed by atoms with Crippen LogP contribution in [0.1, 0.15) is 17.0 Å². The molecule has 0 bridgehead atoms. The number of hydrogen-bond donors (Lipinski definition) is 3. The van der Waals surface area contributed by atoms with Crippen LogP contribution in [0.5, 0.6) is 17.2 Å². The van der Waals surface area contributed by atoms with Crippen LogP contribution in [0.15, 0.2) is 41.6 Å². The number of urea groups is 1. The molecular weight excluding hydrogens is 446 g/mol. The van der Waals surface area contributed by atoms with Gasteiger partial charge in [0.15, 0.2) is 17.3 Å². The van der Waals surface area contributed by atoms with Gasteiger partial charge in [-0.2, -0.15) is 0 Å². The standard InChI is InChI=1S/C22H23N5O5S/c1-13-3-4-14(2)17(9-13)32-11-19-24-22(27-26-19)33-12-20(28)25-21(29)23-15-5-6-16-18(10-15)31-8-7-30-16/h3-6,9-10H,7-8,11-12H2,1-2H3,(H,24,26,27)(H2,23,25,28,29). The predicted octanol–water partition coefficient (Wildman–Crippen LogP) is 3.21. The number of rotatable bonds is 7. The fourth-order valence-electron chi connectivity index (χ4n) is 2.99. The number of nitrogens with zero attached hydrogens (tertiary/aromatic N) is 2. The van der Waals surface area contributed by atoms with Gasteiger partial charge in [0, 0.05) is 11.8 Å². The molecule has 1 aliphatic heterocycles. The van der Waals surface area contributed by atoms with Gasteiger partial charge in [0.2, 0.25) is 11.1 Å². The summed E-state index contributed by atoms with van der Waals surface area (Å²) < 4.78 is 16.7. The number of nitrogens with one attached hydrogen (secondary N) is 3. The summed E-state index contributed by atoms with van der Waals surface area (Å²) in [7, 11) is 0. The number of carbonyl (C=O) groups excluding carboxylic acids is 2. The molecule has 0 unspecified atom stereocenters. The highest BCUT2D eigenvalue weighted by molar-refractivity contribution is 7.99. The molecule has 0 saturated carbocycles. The SMILES string of the molecule is Cc1ccc(C)c(OCc2nc(SCC(=O)NC(=O)Nc3ccc4c(c3)OCCO4)n[nH]2)c1. The first-order chi connectivity index (χ1) is 16.0. The predicted molar refractivity (Wildman–Crippen MR) is 122 cm³/mol. The van der Waals surface area contributed by atoms with Crippen molar-refractivity contribution in [2.24, 2.45) is 0 Å². The molecule has 0 atom stereocenters. The average Bonchev–Trinajstić information content (AvgIpc) is 3.26. The summed E-state index contributed by atoms with van der Waals surface area (Å²) in [5.74, 6) is 1.98. The molecule has 10 nitrogen and oxygen atoms in total. The number of fused-ring (bicyclic) bond motifs is 1. The van der Waals surface area contributed by atoms with E-state index in [9.17, 15) is 9.59 Å². The number of aryl methyl sites for hydroxylation is 2. The molecule has 0 aliphatic carbocycles. The fourth-order valence-corrected chi connectivity index (χ4v) is 3.61. The van der Waals surface area contributed by atoms with E-state index in [0.29, 0.717) is 41.4 Å². The largest absolute Gasteiger partial charge is 0.486 e. The van der Waals surface area contributed by atoms with E-state index in [-0.39, 0.29) is 12.4 Å². The Balaban J connectivity index is 1.21. The number of aromatic amines is 1. The number of H-pyrrole nitrogens is 1. The second kappa shape index (κ2) is 10.3. The van der Waals surface area contributed by atoms with Crippen molar-refractivity contribution >= 4 is 29.4 Å². The lowest BCUT2D eigenvalue weighted by atomic mass is 10.1. The van der Waals surface area contributed by atoms with Crippen LogP contribution in [-0.2, 0) is 11.4 Å². The maximum atomic E-state index is 12.1. The first-order valence-electron chi connectivity index (χ1n) is 10.2. The topological polar surface area (TPSA) is 127 Å². The Morgan fingerprint density at radius 2 is 1.94 bits per heavy atom. The molecule has 0 fully saturated rings. The van der Waals surface area contributed by atoms with Crippen LogP contribution in [0.2, 0.25) is 0 Å². The molecular formula is C22H23N5O5S. The van der Waals surface area contributed by atoms with E-state index in [4.69, 9.17) is 14.2 Å². The Morgan fingerprint density at radius 1 is 1.12 bits per heavy atom. The van der Waals surface area contributed by atoms with Crippen LogP contribution >= 0.6 is 11.8 Å². The monoisotopic (exact) mass is 469 g/mol. The fraction of sp³-hybridized carbons (Fsp3) is 0.273. The van der Waals surface area contributed by atoms with Crippen molar-refractivity contribution in [3.05, 3.63) is 53.3 Å². The van der Waals surface area contributed by atoms with Crippen LogP contribution in [0.25, 0.3) is 0 Å². The molecule has 33 heavy (non-hydrogen) atoms. The highest BCUT2D eigenvalue weighted by Gasteiger charge is 2.15. The van der Waals surface area contributed by atoms with E-state index >= 15 is 0 Å². The number of thioether (sulfide) groups is 1. The first-order valence-corrected chi connectivity index (χ1v) is 11.2. The van der Waals surface area contributed by atoms with E-state index in [0.717, 1.165) is 28.6 Å².